The van der Waals surface area contributed by atoms with E-state index in [4.69, 9.17) is 0 Å². The van der Waals surface area contributed by atoms with Crippen LogP contribution in [-0.2, 0) is 38.3 Å². The van der Waals surface area contributed by atoms with Gasteiger partial charge in [0.1, 0.15) is 12.1 Å². The summed E-state index contributed by atoms with van der Waals surface area (Å²) < 4.78 is 4.63. The smallest absolute Gasteiger partial charge is 0.338 e. The molecule has 334 valence electrons. The molecule has 1 aliphatic heterocycles. The van der Waals surface area contributed by atoms with Crippen LogP contribution in [0.15, 0.2) is 30.6 Å². The van der Waals surface area contributed by atoms with Gasteiger partial charge >= 0.3 is 11.9 Å². The first-order valence-electron chi connectivity index (χ1n) is 21.6. The Bertz CT molecular complexity index is 1830. The number of nitrogens with one attached hydrogen (secondary N) is 3. The highest BCUT2D eigenvalue weighted by molar-refractivity contribution is 6.07. The standard InChI is InChI=1S/C45H63N5O11/c1-45(2,3)39(49-40(55)29(18-12-13-19-37(54)61-5)22-35(52)31-20-21-47-25-33(31)44(59)60)43(58)50-26-30(51)23-34(50)42(57)48-38(28-16-10-7-11-17-28)36(53)24-32(41(56)46-4)27-14-8-6-9-15-27/h13,19-21,25,27-29,32,34,38-39H,6-12,14-18,22-24,26H2,1-5H3,(H,46,56)(H,48,57)(H,49,55)(H,59,60)/b19-13+/t29-,32+,34+,38+,39-/m1/s1. The monoisotopic (exact) mass is 849 g/mol. The lowest BCUT2D eigenvalue weighted by molar-refractivity contribution is -0.145. The lowest BCUT2D eigenvalue weighted by Crippen LogP contribution is -2.59. The fourth-order valence-corrected chi connectivity index (χ4v) is 8.96. The number of likely N-dealkylation sites (tertiary alicyclic amines) is 1. The molecule has 16 heteroatoms. The van der Waals surface area contributed by atoms with Gasteiger partial charge in [-0.1, -0.05) is 65.4 Å². The number of amides is 4. The Morgan fingerprint density at radius 3 is 2.13 bits per heavy atom. The molecular weight excluding hydrogens is 787 g/mol. The number of aromatic carboxylic acids is 1. The van der Waals surface area contributed by atoms with E-state index in [-0.39, 0.29) is 66.1 Å². The van der Waals surface area contributed by atoms with E-state index in [0.29, 0.717) is 12.8 Å². The van der Waals surface area contributed by atoms with E-state index in [1.54, 1.807) is 27.8 Å². The van der Waals surface area contributed by atoms with Gasteiger partial charge in [-0.3, -0.25) is 38.5 Å². The van der Waals surface area contributed by atoms with Gasteiger partial charge in [-0.2, -0.15) is 0 Å². The SMILES string of the molecule is CNC(=O)[C@@H](CC(=O)[C@@H](NC(=O)[C@@H]1CC(=O)CN1C(=O)[C@@H](NC(=O)[C@H](CC/C=C/C(=O)OC)CC(=O)c1ccncc1C(=O)O)C(C)(C)C)C1CCCCC1)C1CCCCC1. The minimum absolute atomic E-state index is 0.0228. The molecule has 1 aromatic rings. The number of Topliss-reactive ketones (excluding diaryl/α,β-unsaturated/α-hetero) is 3. The number of ketones is 3. The van der Waals surface area contributed by atoms with E-state index in [0.717, 1.165) is 62.5 Å². The molecule has 1 aromatic heterocycles. The van der Waals surface area contributed by atoms with Gasteiger partial charge in [0.05, 0.1) is 25.3 Å². The van der Waals surface area contributed by atoms with Crippen LogP contribution in [-0.4, -0.2) is 107 Å². The minimum Gasteiger partial charge on any atom is -0.478 e. The van der Waals surface area contributed by atoms with Crippen molar-refractivity contribution in [3.8, 4) is 0 Å². The van der Waals surface area contributed by atoms with Gasteiger partial charge < -0.3 is 30.7 Å². The number of nitrogens with zero attached hydrogens (tertiary/aromatic N) is 2. The Hall–Kier alpha value is -5.28. The van der Waals surface area contributed by atoms with Gasteiger partial charge in [-0.05, 0) is 61.8 Å². The van der Waals surface area contributed by atoms with Crippen molar-refractivity contribution >= 4 is 52.9 Å². The van der Waals surface area contributed by atoms with Crippen molar-refractivity contribution in [1.82, 2.24) is 25.8 Å². The number of ether oxygens (including phenoxy) is 1. The maximum absolute atomic E-state index is 14.6. The lowest BCUT2D eigenvalue weighted by atomic mass is 9.75. The predicted octanol–water partition coefficient (Wildman–Crippen LogP) is 4.15. The summed E-state index contributed by atoms with van der Waals surface area (Å²) in [6.45, 7) is 4.70. The van der Waals surface area contributed by atoms with Gasteiger partial charge in [0.2, 0.25) is 23.6 Å². The van der Waals surface area contributed by atoms with E-state index in [9.17, 15) is 48.3 Å². The maximum Gasteiger partial charge on any atom is 0.338 e. The number of carbonyl (C=O) groups is 9. The maximum atomic E-state index is 14.6. The number of aromatic nitrogens is 1. The summed E-state index contributed by atoms with van der Waals surface area (Å²) in [7, 11) is 2.77. The summed E-state index contributed by atoms with van der Waals surface area (Å²) >= 11 is 0. The molecule has 3 aliphatic rings. The molecular formula is C45H63N5O11. The van der Waals surface area contributed by atoms with Crippen molar-refractivity contribution in [2.24, 2.45) is 29.1 Å². The first-order valence-corrected chi connectivity index (χ1v) is 21.6. The van der Waals surface area contributed by atoms with Crippen LogP contribution in [0.25, 0.3) is 0 Å². The molecule has 0 aromatic carbocycles. The van der Waals surface area contributed by atoms with E-state index < -0.39 is 83.8 Å². The number of carbonyl (C=O) groups excluding carboxylic acids is 8. The molecule has 0 bridgehead atoms. The fraction of sp³-hybridized carbons (Fsp3) is 0.644. The molecule has 2 heterocycles. The molecule has 0 spiro atoms. The Labute approximate surface area is 357 Å². The van der Waals surface area contributed by atoms with Gasteiger partial charge in [0.25, 0.3) is 0 Å². The molecule has 4 N–H and O–H groups in total. The third-order valence-electron chi connectivity index (χ3n) is 12.4. The number of pyridine rings is 1. The fourth-order valence-electron chi connectivity index (χ4n) is 8.96. The van der Waals surface area contributed by atoms with Gasteiger partial charge in [-0.15, -0.1) is 0 Å². The van der Waals surface area contributed by atoms with Crippen LogP contribution in [0.5, 0.6) is 0 Å². The summed E-state index contributed by atoms with van der Waals surface area (Å²) in [5.41, 5.74) is -1.47. The Morgan fingerprint density at radius 1 is 0.902 bits per heavy atom. The van der Waals surface area contributed by atoms with Crippen molar-refractivity contribution < 1.29 is 53.0 Å². The van der Waals surface area contributed by atoms with Gasteiger partial charge in [0, 0.05) is 62.2 Å². The van der Waals surface area contributed by atoms with Crippen LogP contribution in [0.1, 0.15) is 138 Å². The molecule has 3 fully saturated rings. The van der Waals surface area contributed by atoms with E-state index >= 15 is 0 Å². The topological polar surface area (TPSA) is 235 Å². The molecule has 2 aliphatic carbocycles. The number of carboxylic acids is 1. The number of carboxylic acid groups (broad SMARTS) is 1. The van der Waals surface area contributed by atoms with Gasteiger partial charge in [0.15, 0.2) is 17.3 Å². The van der Waals surface area contributed by atoms with E-state index in [1.807, 2.05) is 0 Å². The second kappa shape index (κ2) is 22.5. The molecule has 5 atom stereocenters. The number of rotatable bonds is 19. The Kier molecular flexibility index (Phi) is 17.9. The zero-order valence-electron chi connectivity index (χ0n) is 36.2. The van der Waals surface area contributed by atoms with Crippen LogP contribution in [0.3, 0.4) is 0 Å². The van der Waals surface area contributed by atoms with Crippen molar-refractivity contribution in [2.75, 3.05) is 20.7 Å². The number of methoxy groups -OCH3 is 1. The molecule has 4 amide bonds. The first kappa shape index (κ1) is 48.4. The molecule has 0 unspecified atom stereocenters. The molecule has 61 heavy (non-hydrogen) atoms. The van der Waals surface area contributed by atoms with Crippen LogP contribution in [0.2, 0.25) is 0 Å². The van der Waals surface area contributed by atoms with Crippen LogP contribution in [0.4, 0.5) is 0 Å². The molecule has 4 rings (SSSR count). The summed E-state index contributed by atoms with van der Waals surface area (Å²) in [4.78, 5) is 125. The Balaban J connectivity index is 1.58. The Morgan fingerprint density at radius 2 is 1.54 bits per heavy atom. The first-order chi connectivity index (χ1) is 29.0. The zero-order valence-corrected chi connectivity index (χ0v) is 36.2. The van der Waals surface area contributed by atoms with Crippen LogP contribution < -0.4 is 16.0 Å². The minimum atomic E-state index is -1.38. The van der Waals surface area contributed by atoms with Gasteiger partial charge in [-0.25, -0.2) is 9.59 Å². The quantitative estimate of drug-likeness (QED) is 0.0874. The van der Waals surface area contributed by atoms with Crippen molar-refractivity contribution in [2.45, 2.75) is 135 Å². The second-order valence-electron chi connectivity index (χ2n) is 17.8. The average molecular weight is 850 g/mol. The normalized spacial score (nSPS) is 19.7. The number of esters is 1. The third kappa shape index (κ3) is 13.4. The zero-order chi connectivity index (χ0) is 44.9. The largest absolute Gasteiger partial charge is 0.478 e. The third-order valence-corrected chi connectivity index (χ3v) is 12.4. The number of allylic oxidation sites excluding steroid dienone is 1. The number of hydrogen-bond donors (Lipinski definition) is 4. The highest BCUT2D eigenvalue weighted by atomic mass is 16.5. The summed E-state index contributed by atoms with van der Waals surface area (Å²) in [6, 6.07) is -2.23. The molecule has 0 radical (unpaired) electrons. The number of hydrogen-bond acceptors (Lipinski definition) is 11. The van der Waals surface area contributed by atoms with E-state index in [2.05, 4.69) is 25.7 Å². The van der Waals surface area contributed by atoms with Crippen molar-refractivity contribution in [3.05, 3.63) is 41.7 Å². The van der Waals surface area contributed by atoms with Crippen molar-refractivity contribution in [1.29, 1.82) is 0 Å². The highest BCUT2D eigenvalue weighted by Crippen LogP contribution is 2.35. The van der Waals surface area contributed by atoms with Crippen LogP contribution in [0, 0.1) is 29.1 Å². The summed E-state index contributed by atoms with van der Waals surface area (Å²) in [5.74, 6) is -7.31. The molecule has 1 saturated heterocycles. The average Bonchev–Trinajstić information content (AvgIpc) is 3.65. The highest BCUT2D eigenvalue weighted by Gasteiger charge is 2.46. The van der Waals surface area contributed by atoms with E-state index in [1.165, 1.54) is 31.5 Å². The second-order valence-corrected chi connectivity index (χ2v) is 17.8. The lowest BCUT2D eigenvalue weighted by Gasteiger charge is -2.37. The molecule has 2 saturated carbocycles. The van der Waals surface area contributed by atoms with Crippen LogP contribution >= 0.6 is 0 Å². The molecule has 16 nitrogen and oxygen atoms in total. The predicted molar refractivity (Wildman–Crippen MR) is 223 cm³/mol. The van der Waals surface area contributed by atoms with Crippen molar-refractivity contribution in [3.63, 3.8) is 0 Å². The summed E-state index contributed by atoms with van der Waals surface area (Å²) in [6.07, 6.45) is 13.2. The summed E-state index contributed by atoms with van der Waals surface area (Å²) in [5, 5.41) is 18.1.